The lowest BCUT2D eigenvalue weighted by molar-refractivity contribution is 1.27. The molecule has 1 aromatic rings. The Labute approximate surface area is 72.3 Å². The second kappa shape index (κ2) is 2.63. The van der Waals surface area contributed by atoms with Crippen molar-refractivity contribution in [3.8, 4) is 0 Å². The van der Waals surface area contributed by atoms with E-state index in [1.807, 2.05) is 6.21 Å². The summed E-state index contributed by atoms with van der Waals surface area (Å²) < 4.78 is 0. The highest BCUT2D eigenvalue weighted by molar-refractivity contribution is 5.81. The number of nitrogens with zero attached hydrogens (tertiary/aromatic N) is 1. The highest BCUT2D eigenvalue weighted by atomic mass is 15.0. The highest BCUT2D eigenvalue weighted by Crippen LogP contribution is 2.29. The summed E-state index contributed by atoms with van der Waals surface area (Å²) in [4.78, 5) is 4.31. The Morgan fingerprint density at radius 1 is 1.25 bits per heavy atom. The number of nitrogens with one attached hydrogen (secondary N) is 1. The van der Waals surface area contributed by atoms with Crippen molar-refractivity contribution in [1.29, 1.82) is 0 Å². The van der Waals surface area contributed by atoms with Gasteiger partial charge in [0.05, 0.1) is 17.9 Å². The molecule has 0 amide bonds. The lowest BCUT2D eigenvalue weighted by atomic mass is 10.1. The van der Waals surface area contributed by atoms with Crippen LogP contribution >= 0.6 is 0 Å². The topological polar surface area (TPSA) is 24.4 Å². The molecule has 0 saturated heterocycles. The van der Waals surface area contributed by atoms with Gasteiger partial charge in [-0.3, -0.25) is 4.99 Å². The van der Waals surface area contributed by atoms with Crippen molar-refractivity contribution in [3.05, 3.63) is 23.3 Å². The number of hydrogen-bond acceptors (Lipinski definition) is 2. The third kappa shape index (κ3) is 1.09. The summed E-state index contributed by atoms with van der Waals surface area (Å²) in [5.41, 5.74) is 4.83. The van der Waals surface area contributed by atoms with E-state index in [1.54, 1.807) is 0 Å². The van der Waals surface area contributed by atoms with Crippen molar-refractivity contribution >= 4 is 17.6 Å². The average molecular weight is 160 g/mol. The zero-order valence-corrected chi connectivity index (χ0v) is 7.39. The molecule has 0 atom stereocenters. The van der Waals surface area contributed by atoms with Gasteiger partial charge in [-0.15, -0.1) is 0 Å². The fourth-order valence-electron chi connectivity index (χ4n) is 1.35. The Morgan fingerprint density at radius 2 is 2.00 bits per heavy atom. The second-order valence-corrected chi connectivity index (χ2v) is 3.15. The van der Waals surface area contributed by atoms with Gasteiger partial charge in [0.15, 0.2) is 0 Å². The Hall–Kier alpha value is -1.31. The van der Waals surface area contributed by atoms with Crippen LogP contribution in [-0.2, 0) is 0 Å². The second-order valence-electron chi connectivity index (χ2n) is 3.15. The van der Waals surface area contributed by atoms with Gasteiger partial charge < -0.3 is 5.32 Å². The largest absolute Gasteiger partial charge is 0.378 e. The van der Waals surface area contributed by atoms with Crippen LogP contribution in [0, 0.1) is 13.8 Å². The third-order valence-electron chi connectivity index (χ3n) is 2.23. The van der Waals surface area contributed by atoms with Crippen LogP contribution in [0.1, 0.15) is 11.1 Å². The molecule has 0 spiro atoms. The molecular weight excluding hydrogens is 148 g/mol. The molecule has 2 heteroatoms. The van der Waals surface area contributed by atoms with Crippen molar-refractivity contribution in [1.82, 2.24) is 0 Å². The van der Waals surface area contributed by atoms with Crippen LogP contribution in [0.2, 0.25) is 0 Å². The van der Waals surface area contributed by atoms with Gasteiger partial charge in [-0.05, 0) is 37.1 Å². The molecule has 2 nitrogen and oxygen atoms in total. The first-order valence-corrected chi connectivity index (χ1v) is 4.15. The number of anilines is 1. The molecule has 1 aliphatic heterocycles. The van der Waals surface area contributed by atoms with Gasteiger partial charge in [-0.2, -0.15) is 0 Å². The summed E-state index contributed by atoms with van der Waals surface area (Å²) >= 11 is 0. The van der Waals surface area contributed by atoms with Gasteiger partial charge in [-0.25, -0.2) is 0 Å². The van der Waals surface area contributed by atoms with Crippen LogP contribution in [0.25, 0.3) is 0 Å². The van der Waals surface area contributed by atoms with E-state index in [0.29, 0.717) is 0 Å². The van der Waals surface area contributed by atoms with E-state index in [2.05, 4.69) is 36.3 Å². The number of aryl methyl sites for hydroxylation is 2. The molecule has 1 heterocycles. The number of rotatable bonds is 0. The maximum Gasteiger partial charge on any atom is 0.0860 e. The zero-order chi connectivity index (χ0) is 8.55. The van der Waals surface area contributed by atoms with Gasteiger partial charge in [-0.1, -0.05) is 0 Å². The molecule has 2 rings (SSSR count). The van der Waals surface area contributed by atoms with Gasteiger partial charge in [0.2, 0.25) is 0 Å². The minimum Gasteiger partial charge on any atom is -0.378 e. The molecular formula is C10H12N2. The van der Waals surface area contributed by atoms with Crippen LogP contribution in [0.5, 0.6) is 0 Å². The van der Waals surface area contributed by atoms with E-state index in [0.717, 1.165) is 17.9 Å². The van der Waals surface area contributed by atoms with E-state index >= 15 is 0 Å². The minimum absolute atomic E-state index is 0.843. The molecule has 0 aromatic heterocycles. The van der Waals surface area contributed by atoms with Crippen LogP contribution in [0.15, 0.2) is 17.1 Å². The first-order valence-electron chi connectivity index (χ1n) is 4.15. The molecule has 0 bridgehead atoms. The molecule has 0 radical (unpaired) electrons. The van der Waals surface area contributed by atoms with E-state index in [-0.39, 0.29) is 0 Å². The maximum absolute atomic E-state index is 4.31. The number of hydrogen-bond donors (Lipinski definition) is 1. The summed E-state index contributed by atoms with van der Waals surface area (Å²) in [7, 11) is 0. The smallest absolute Gasteiger partial charge is 0.0860 e. The average Bonchev–Trinajstić information content (AvgIpc) is 2.07. The lowest BCUT2D eigenvalue weighted by Gasteiger charge is -2.13. The standard InChI is InChI=1S/C10H12N2/c1-7-5-9-10(6-8(7)2)12-4-3-11-9/h3,5-6,12H,4H2,1-2H3. The van der Waals surface area contributed by atoms with Crippen LogP contribution < -0.4 is 5.32 Å². The van der Waals surface area contributed by atoms with E-state index in [4.69, 9.17) is 0 Å². The van der Waals surface area contributed by atoms with Crippen LogP contribution in [-0.4, -0.2) is 12.8 Å². The molecule has 0 fully saturated rings. The Kier molecular flexibility index (Phi) is 1.61. The van der Waals surface area contributed by atoms with Crippen molar-refractivity contribution in [2.45, 2.75) is 13.8 Å². The summed E-state index contributed by atoms with van der Waals surface area (Å²) in [6, 6.07) is 4.27. The van der Waals surface area contributed by atoms with Gasteiger partial charge in [0, 0.05) is 6.21 Å². The van der Waals surface area contributed by atoms with Crippen molar-refractivity contribution in [2.75, 3.05) is 11.9 Å². The molecule has 1 aromatic carbocycles. The lowest BCUT2D eigenvalue weighted by Crippen LogP contribution is -2.07. The minimum atomic E-state index is 0.843. The molecule has 0 saturated carbocycles. The summed E-state index contributed by atoms with van der Waals surface area (Å²) in [6.45, 7) is 5.07. The van der Waals surface area contributed by atoms with Gasteiger partial charge in [0.1, 0.15) is 0 Å². The van der Waals surface area contributed by atoms with Crippen LogP contribution in [0.4, 0.5) is 11.4 Å². The first-order chi connectivity index (χ1) is 5.77. The zero-order valence-electron chi connectivity index (χ0n) is 7.39. The highest BCUT2D eigenvalue weighted by Gasteiger charge is 2.05. The number of aliphatic imine (C=N–C) groups is 1. The first kappa shape index (κ1) is 7.35. The SMILES string of the molecule is Cc1cc2c(cc1C)NCC=N2. The quantitative estimate of drug-likeness (QED) is 0.619. The van der Waals surface area contributed by atoms with E-state index < -0.39 is 0 Å². The van der Waals surface area contributed by atoms with Crippen molar-refractivity contribution in [3.63, 3.8) is 0 Å². The van der Waals surface area contributed by atoms with Crippen LogP contribution in [0.3, 0.4) is 0 Å². The predicted molar refractivity (Wildman–Crippen MR) is 52.6 cm³/mol. The third-order valence-corrected chi connectivity index (χ3v) is 2.23. The Bertz CT molecular complexity index is 340. The Morgan fingerprint density at radius 3 is 2.83 bits per heavy atom. The Balaban J connectivity index is 2.58. The molecule has 12 heavy (non-hydrogen) atoms. The maximum atomic E-state index is 4.31. The van der Waals surface area contributed by atoms with Crippen molar-refractivity contribution < 1.29 is 0 Å². The fourth-order valence-corrected chi connectivity index (χ4v) is 1.35. The molecule has 0 aliphatic carbocycles. The normalized spacial score (nSPS) is 13.8. The fraction of sp³-hybridized carbons (Fsp3) is 0.300. The molecule has 0 unspecified atom stereocenters. The van der Waals surface area contributed by atoms with Crippen molar-refractivity contribution in [2.24, 2.45) is 4.99 Å². The predicted octanol–water partition coefficient (Wildman–Crippen LogP) is 2.43. The summed E-state index contributed by atoms with van der Waals surface area (Å²) in [5.74, 6) is 0. The van der Waals surface area contributed by atoms with E-state index in [1.165, 1.54) is 11.1 Å². The molecule has 1 N–H and O–H groups in total. The monoisotopic (exact) mass is 160 g/mol. The van der Waals surface area contributed by atoms with Gasteiger partial charge in [0.25, 0.3) is 0 Å². The van der Waals surface area contributed by atoms with E-state index in [9.17, 15) is 0 Å². The summed E-state index contributed by atoms with van der Waals surface area (Å²) in [5, 5.41) is 3.28. The molecule has 1 aliphatic rings. The number of fused-ring (bicyclic) bond motifs is 1. The molecule has 62 valence electrons. The van der Waals surface area contributed by atoms with Gasteiger partial charge >= 0.3 is 0 Å². The summed E-state index contributed by atoms with van der Waals surface area (Å²) in [6.07, 6.45) is 1.90. The number of benzene rings is 1.